The van der Waals surface area contributed by atoms with Crippen molar-refractivity contribution in [2.45, 2.75) is 12.8 Å². The van der Waals surface area contributed by atoms with E-state index in [1.807, 2.05) is 73.8 Å². The Balaban J connectivity index is 2.00. The Hall–Kier alpha value is -3.27. The summed E-state index contributed by atoms with van der Waals surface area (Å²) >= 11 is 0. The zero-order valence-electron chi connectivity index (χ0n) is 16.2. The highest BCUT2D eigenvalue weighted by atomic mass is 16.5. The van der Waals surface area contributed by atoms with Crippen LogP contribution in [0, 0.1) is 0 Å². The molecule has 2 aromatic carbocycles. The lowest BCUT2D eigenvalue weighted by Crippen LogP contribution is -2.23. The second kappa shape index (κ2) is 9.09. The molecule has 3 aromatic rings. The summed E-state index contributed by atoms with van der Waals surface area (Å²) in [5, 5.41) is 1.03. The number of hydrogen-bond acceptors (Lipinski definition) is 3. The first-order valence-electron chi connectivity index (χ1n) is 9.49. The largest absolute Gasteiger partial charge is 0.465 e. The van der Waals surface area contributed by atoms with Crippen LogP contribution in [0.5, 0.6) is 0 Å². The Bertz CT molecular complexity index is 946. The van der Waals surface area contributed by atoms with Crippen LogP contribution < -0.4 is 4.90 Å². The smallest absolute Gasteiger partial charge is 0.317 e. The molecule has 0 fully saturated rings. The third-order valence-electron chi connectivity index (χ3n) is 4.75. The maximum Gasteiger partial charge on any atom is 0.317 e. The number of nitrogens with one attached hydrogen (secondary N) is 1. The van der Waals surface area contributed by atoms with Gasteiger partial charge in [0.2, 0.25) is 0 Å². The van der Waals surface area contributed by atoms with E-state index in [2.05, 4.69) is 23.0 Å². The Morgan fingerprint density at radius 3 is 2.43 bits per heavy atom. The summed E-state index contributed by atoms with van der Waals surface area (Å²) < 4.78 is 5.40. The third-order valence-corrected chi connectivity index (χ3v) is 4.75. The van der Waals surface area contributed by atoms with Gasteiger partial charge in [-0.1, -0.05) is 42.5 Å². The van der Waals surface area contributed by atoms with Gasteiger partial charge >= 0.3 is 5.97 Å². The summed E-state index contributed by atoms with van der Waals surface area (Å²) in [6.45, 7) is 11.3. The van der Waals surface area contributed by atoms with Crippen LogP contribution in [0.25, 0.3) is 10.9 Å². The highest BCUT2D eigenvalue weighted by molar-refractivity contribution is 5.92. The van der Waals surface area contributed by atoms with Crippen LogP contribution in [0.1, 0.15) is 24.0 Å². The van der Waals surface area contributed by atoms with Gasteiger partial charge in [0.1, 0.15) is 5.92 Å². The highest BCUT2D eigenvalue weighted by Gasteiger charge is 2.27. The van der Waals surface area contributed by atoms with Gasteiger partial charge in [-0.15, -0.1) is 13.2 Å². The minimum atomic E-state index is -0.475. The van der Waals surface area contributed by atoms with E-state index in [9.17, 15) is 4.79 Å². The van der Waals surface area contributed by atoms with E-state index in [0.717, 1.165) is 40.8 Å². The number of fused-ring (bicyclic) bond motifs is 1. The molecule has 1 N–H and O–H groups in total. The number of esters is 1. The first-order chi connectivity index (χ1) is 13.7. The van der Waals surface area contributed by atoms with Gasteiger partial charge in [0.25, 0.3) is 0 Å². The molecule has 0 aliphatic heterocycles. The number of aromatic amines is 1. The topological polar surface area (TPSA) is 45.3 Å². The number of hydrogen-bond donors (Lipinski definition) is 1. The van der Waals surface area contributed by atoms with Gasteiger partial charge in [-0.2, -0.15) is 0 Å². The van der Waals surface area contributed by atoms with Gasteiger partial charge in [0, 0.05) is 35.9 Å². The standard InChI is InChI=1S/C24H26N2O2/c1-4-15-26(16-5-2)19-13-11-18(12-14-19)23(24(27)28-6-3)21-17-25-22-10-8-7-9-20(21)22/h4-5,7-14,17,23,25H,1-2,6,15-16H2,3H3. The van der Waals surface area contributed by atoms with Crippen molar-refractivity contribution in [1.29, 1.82) is 0 Å². The summed E-state index contributed by atoms with van der Waals surface area (Å²) in [6.07, 6.45) is 5.64. The monoisotopic (exact) mass is 374 g/mol. The molecule has 28 heavy (non-hydrogen) atoms. The van der Waals surface area contributed by atoms with Crippen LogP contribution >= 0.6 is 0 Å². The minimum Gasteiger partial charge on any atom is -0.465 e. The molecule has 0 radical (unpaired) electrons. The number of carbonyl (C=O) groups is 1. The molecular weight excluding hydrogens is 348 g/mol. The summed E-state index contributed by atoms with van der Waals surface area (Å²) in [5.41, 5.74) is 3.90. The van der Waals surface area contributed by atoms with Crippen molar-refractivity contribution in [3.63, 3.8) is 0 Å². The quantitative estimate of drug-likeness (QED) is 0.421. The van der Waals surface area contributed by atoms with Gasteiger partial charge < -0.3 is 14.6 Å². The van der Waals surface area contributed by atoms with Crippen LogP contribution in [0.15, 0.2) is 80.0 Å². The fraction of sp³-hybridized carbons (Fsp3) is 0.208. The van der Waals surface area contributed by atoms with E-state index in [-0.39, 0.29) is 5.97 Å². The predicted molar refractivity (Wildman–Crippen MR) is 116 cm³/mol. The van der Waals surface area contributed by atoms with Crippen molar-refractivity contribution in [2.75, 3.05) is 24.6 Å². The number of anilines is 1. The van der Waals surface area contributed by atoms with E-state index in [1.165, 1.54) is 0 Å². The molecule has 0 aliphatic carbocycles. The molecule has 1 atom stereocenters. The van der Waals surface area contributed by atoms with Crippen molar-refractivity contribution in [1.82, 2.24) is 4.98 Å². The minimum absolute atomic E-state index is 0.242. The molecule has 0 spiro atoms. The SMILES string of the molecule is C=CCN(CC=C)c1ccc(C(C(=O)OCC)c2c[nH]c3ccccc23)cc1. The summed E-state index contributed by atoms with van der Waals surface area (Å²) in [5.74, 6) is -0.716. The van der Waals surface area contributed by atoms with Gasteiger partial charge in [0.05, 0.1) is 6.61 Å². The first-order valence-corrected chi connectivity index (χ1v) is 9.49. The highest BCUT2D eigenvalue weighted by Crippen LogP contribution is 2.33. The van der Waals surface area contributed by atoms with Crippen LogP contribution in [0.3, 0.4) is 0 Å². The van der Waals surface area contributed by atoms with Crippen molar-refractivity contribution in [3.8, 4) is 0 Å². The van der Waals surface area contributed by atoms with Crippen molar-refractivity contribution in [3.05, 3.63) is 91.2 Å². The number of carbonyl (C=O) groups excluding carboxylic acids is 1. The lowest BCUT2D eigenvalue weighted by molar-refractivity contribution is -0.143. The summed E-state index contributed by atoms with van der Waals surface area (Å²) in [6, 6.07) is 16.0. The van der Waals surface area contributed by atoms with E-state index in [4.69, 9.17) is 4.74 Å². The Kier molecular flexibility index (Phi) is 6.33. The molecular formula is C24H26N2O2. The number of H-pyrrole nitrogens is 1. The van der Waals surface area contributed by atoms with Gasteiger partial charge in [0.15, 0.2) is 0 Å². The molecule has 0 amide bonds. The van der Waals surface area contributed by atoms with Crippen molar-refractivity contribution in [2.24, 2.45) is 0 Å². The maximum absolute atomic E-state index is 12.8. The number of ether oxygens (including phenoxy) is 1. The molecule has 0 saturated heterocycles. The van der Waals surface area contributed by atoms with E-state index in [0.29, 0.717) is 6.61 Å². The van der Waals surface area contributed by atoms with Crippen molar-refractivity contribution >= 4 is 22.6 Å². The zero-order valence-corrected chi connectivity index (χ0v) is 16.2. The second-order valence-electron chi connectivity index (χ2n) is 6.55. The maximum atomic E-state index is 12.8. The number of rotatable bonds is 9. The molecule has 3 rings (SSSR count). The summed E-state index contributed by atoms with van der Waals surface area (Å²) in [7, 11) is 0. The average molecular weight is 374 g/mol. The Labute approximate surface area is 166 Å². The van der Waals surface area contributed by atoms with E-state index in [1.54, 1.807) is 0 Å². The lowest BCUT2D eigenvalue weighted by atomic mass is 9.91. The average Bonchev–Trinajstić information content (AvgIpc) is 3.13. The third kappa shape index (κ3) is 4.01. The molecule has 1 heterocycles. The predicted octanol–water partition coefficient (Wildman–Crippen LogP) is 5.04. The molecule has 1 unspecified atom stereocenters. The van der Waals surface area contributed by atoms with Gasteiger partial charge in [-0.25, -0.2) is 0 Å². The number of aromatic nitrogens is 1. The van der Waals surface area contributed by atoms with Crippen LogP contribution in [0.4, 0.5) is 5.69 Å². The van der Waals surface area contributed by atoms with Gasteiger partial charge in [-0.3, -0.25) is 4.79 Å². The van der Waals surface area contributed by atoms with Crippen LogP contribution in [-0.4, -0.2) is 30.6 Å². The molecule has 0 aliphatic rings. The second-order valence-corrected chi connectivity index (χ2v) is 6.55. The van der Waals surface area contributed by atoms with Crippen LogP contribution in [0.2, 0.25) is 0 Å². The fourth-order valence-electron chi connectivity index (χ4n) is 3.48. The zero-order chi connectivity index (χ0) is 19.9. The number of nitrogens with zero attached hydrogens (tertiary/aromatic N) is 1. The Morgan fingerprint density at radius 2 is 1.79 bits per heavy atom. The molecule has 0 saturated carbocycles. The molecule has 4 heteroatoms. The van der Waals surface area contributed by atoms with Gasteiger partial charge in [-0.05, 0) is 36.2 Å². The summed E-state index contributed by atoms with van der Waals surface area (Å²) in [4.78, 5) is 18.3. The number of benzene rings is 2. The van der Waals surface area contributed by atoms with Crippen LogP contribution in [-0.2, 0) is 9.53 Å². The molecule has 144 valence electrons. The lowest BCUT2D eigenvalue weighted by Gasteiger charge is -2.23. The van der Waals surface area contributed by atoms with E-state index >= 15 is 0 Å². The number of para-hydroxylation sites is 1. The fourth-order valence-corrected chi connectivity index (χ4v) is 3.48. The molecule has 0 bridgehead atoms. The Morgan fingerprint density at radius 1 is 1.11 bits per heavy atom. The molecule has 1 aromatic heterocycles. The normalized spacial score (nSPS) is 11.8. The first kappa shape index (κ1) is 19.5. The van der Waals surface area contributed by atoms with Crippen molar-refractivity contribution < 1.29 is 9.53 Å². The van der Waals surface area contributed by atoms with E-state index < -0.39 is 5.92 Å². The molecule has 4 nitrogen and oxygen atoms in total.